The summed E-state index contributed by atoms with van der Waals surface area (Å²) in [6, 6.07) is 0. The fourth-order valence-corrected chi connectivity index (χ4v) is 3.35. The van der Waals surface area contributed by atoms with Gasteiger partial charge in [-0.2, -0.15) is 0 Å². The predicted molar refractivity (Wildman–Crippen MR) is 111 cm³/mol. The third-order valence-corrected chi connectivity index (χ3v) is 4.99. The van der Waals surface area contributed by atoms with Crippen LogP contribution in [0.5, 0.6) is 0 Å². The number of hydrogen-bond acceptors (Lipinski definition) is 4. The number of hydrogen-bond donors (Lipinski definition) is 2. The molecule has 0 saturated heterocycles. The summed E-state index contributed by atoms with van der Waals surface area (Å²) in [7, 11) is 0. The first-order valence-corrected chi connectivity index (χ1v) is 11.3. The van der Waals surface area contributed by atoms with Gasteiger partial charge >= 0.3 is 12.3 Å². The minimum atomic E-state index is -1.17. The second-order valence-corrected chi connectivity index (χ2v) is 7.59. The first-order valence-electron chi connectivity index (χ1n) is 11.3. The third-order valence-electron chi connectivity index (χ3n) is 4.99. The van der Waals surface area contributed by atoms with Crippen molar-refractivity contribution in [2.24, 2.45) is 0 Å². The van der Waals surface area contributed by atoms with Crippen LogP contribution in [0.3, 0.4) is 0 Å². The molecule has 0 aromatic heterocycles. The van der Waals surface area contributed by atoms with Gasteiger partial charge in [-0.15, -0.1) is 0 Å². The van der Waals surface area contributed by atoms with Crippen LogP contribution in [0.4, 0.5) is 9.59 Å². The fraction of sp³-hybridized carbons (Fsp3) is 0.909. The topological polar surface area (TPSA) is 93.1 Å². The van der Waals surface area contributed by atoms with Gasteiger partial charge in [0.2, 0.25) is 0 Å². The Morgan fingerprint density at radius 1 is 0.393 bits per heavy atom. The molecule has 0 rings (SSSR count). The lowest BCUT2D eigenvalue weighted by molar-refractivity contribution is 0.0887. The minimum absolute atomic E-state index is 0.333. The van der Waals surface area contributed by atoms with E-state index in [1.807, 2.05) is 0 Å². The van der Waals surface area contributed by atoms with Crippen LogP contribution in [-0.4, -0.2) is 35.7 Å². The molecular weight excluding hydrogens is 360 g/mol. The summed E-state index contributed by atoms with van der Waals surface area (Å²) in [5.74, 6) is 0. The number of unbranched alkanes of at least 4 members (excludes halogenated alkanes) is 17. The maximum absolute atomic E-state index is 10.2. The van der Waals surface area contributed by atoms with Crippen molar-refractivity contribution in [3.8, 4) is 0 Å². The summed E-state index contributed by atoms with van der Waals surface area (Å²) < 4.78 is 8.96. The molecule has 0 aliphatic rings. The van der Waals surface area contributed by atoms with Crippen molar-refractivity contribution in [2.45, 2.75) is 116 Å². The molecule has 0 atom stereocenters. The van der Waals surface area contributed by atoms with Crippen molar-refractivity contribution < 1.29 is 29.3 Å². The third kappa shape index (κ3) is 24.5. The Labute approximate surface area is 171 Å². The molecule has 0 aliphatic carbocycles. The summed E-state index contributed by atoms with van der Waals surface area (Å²) in [5.41, 5.74) is 0. The number of carbonyl (C=O) groups is 2. The molecule has 0 aromatic carbocycles. The van der Waals surface area contributed by atoms with Crippen molar-refractivity contribution in [3.63, 3.8) is 0 Å². The summed E-state index contributed by atoms with van der Waals surface area (Å²) in [6.45, 7) is 0.665. The molecule has 6 heteroatoms. The maximum Gasteiger partial charge on any atom is 0.505 e. The second-order valence-electron chi connectivity index (χ2n) is 7.59. The van der Waals surface area contributed by atoms with E-state index in [1.54, 1.807) is 0 Å². The SMILES string of the molecule is O=C(O)OCCCCCCCCCCCCCCCCCCCCOC(=O)O. The zero-order chi connectivity index (χ0) is 20.7. The zero-order valence-electron chi connectivity index (χ0n) is 17.7. The lowest BCUT2D eigenvalue weighted by Crippen LogP contribution is -2.01. The van der Waals surface area contributed by atoms with E-state index in [1.165, 1.54) is 89.9 Å². The van der Waals surface area contributed by atoms with Crippen molar-refractivity contribution in [2.75, 3.05) is 13.2 Å². The lowest BCUT2D eigenvalue weighted by atomic mass is 10.0. The Hall–Kier alpha value is -1.46. The molecule has 0 saturated carbocycles. The van der Waals surface area contributed by atoms with Gasteiger partial charge in [0.1, 0.15) is 0 Å². The van der Waals surface area contributed by atoms with Gasteiger partial charge in [0, 0.05) is 0 Å². The van der Waals surface area contributed by atoms with E-state index < -0.39 is 12.3 Å². The molecule has 6 nitrogen and oxygen atoms in total. The maximum atomic E-state index is 10.2. The number of ether oxygens (including phenoxy) is 2. The highest BCUT2D eigenvalue weighted by molar-refractivity contribution is 5.56. The van der Waals surface area contributed by atoms with Crippen LogP contribution in [0.1, 0.15) is 116 Å². The standard InChI is InChI=1S/C22H42O6/c23-21(24)27-19-17-15-13-11-9-7-5-3-1-2-4-6-8-10-12-14-16-18-20-28-22(25)26/h1-20H2,(H,23,24)(H,25,26). The summed E-state index contributed by atoms with van der Waals surface area (Å²) >= 11 is 0. The molecule has 0 unspecified atom stereocenters. The number of rotatable bonds is 21. The van der Waals surface area contributed by atoms with Gasteiger partial charge in [-0.05, 0) is 12.8 Å². The van der Waals surface area contributed by atoms with Crippen molar-refractivity contribution >= 4 is 12.3 Å². The second kappa shape index (κ2) is 21.8. The Balaban J connectivity index is 3.01. The van der Waals surface area contributed by atoms with E-state index in [0.717, 1.165) is 25.7 Å². The summed E-state index contributed by atoms with van der Waals surface area (Å²) in [4.78, 5) is 20.4. The normalized spacial score (nSPS) is 10.7. The highest BCUT2D eigenvalue weighted by Gasteiger charge is 1.98. The van der Waals surface area contributed by atoms with E-state index in [-0.39, 0.29) is 0 Å². The lowest BCUT2D eigenvalue weighted by Gasteiger charge is -2.04. The van der Waals surface area contributed by atoms with E-state index in [4.69, 9.17) is 10.2 Å². The summed E-state index contributed by atoms with van der Waals surface area (Å²) in [5, 5.41) is 16.7. The molecule has 28 heavy (non-hydrogen) atoms. The van der Waals surface area contributed by atoms with Crippen LogP contribution in [0.25, 0.3) is 0 Å². The molecule has 0 fully saturated rings. The largest absolute Gasteiger partial charge is 0.505 e. The van der Waals surface area contributed by atoms with Gasteiger partial charge in [-0.3, -0.25) is 0 Å². The quantitative estimate of drug-likeness (QED) is 0.153. The molecule has 0 spiro atoms. The van der Waals surface area contributed by atoms with Crippen LogP contribution in [0.15, 0.2) is 0 Å². The van der Waals surface area contributed by atoms with Crippen LogP contribution >= 0.6 is 0 Å². The first kappa shape index (κ1) is 26.5. The van der Waals surface area contributed by atoms with Gasteiger partial charge in [-0.25, -0.2) is 9.59 Å². The predicted octanol–water partition coefficient (Wildman–Crippen LogP) is 7.40. The Kier molecular flexibility index (Phi) is 20.7. The van der Waals surface area contributed by atoms with Gasteiger partial charge < -0.3 is 19.7 Å². The molecule has 0 amide bonds. The molecule has 0 bridgehead atoms. The smallest absolute Gasteiger partial charge is 0.450 e. The van der Waals surface area contributed by atoms with Gasteiger partial charge in [0.15, 0.2) is 0 Å². The van der Waals surface area contributed by atoms with Gasteiger partial charge in [0.05, 0.1) is 13.2 Å². The van der Waals surface area contributed by atoms with Crippen molar-refractivity contribution in [1.29, 1.82) is 0 Å². The highest BCUT2D eigenvalue weighted by atomic mass is 16.7. The van der Waals surface area contributed by atoms with Gasteiger partial charge in [-0.1, -0.05) is 103 Å². The molecule has 0 radical (unpaired) electrons. The molecule has 166 valence electrons. The fourth-order valence-electron chi connectivity index (χ4n) is 3.35. The van der Waals surface area contributed by atoms with E-state index in [2.05, 4.69) is 9.47 Å². The van der Waals surface area contributed by atoms with E-state index in [0.29, 0.717) is 13.2 Å². The van der Waals surface area contributed by atoms with Crippen molar-refractivity contribution in [3.05, 3.63) is 0 Å². The Morgan fingerprint density at radius 3 is 0.750 bits per heavy atom. The molecule has 0 aliphatic heterocycles. The van der Waals surface area contributed by atoms with Crippen LogP contribution in [0, 0.1) is 0 Å². The monoisotopic (exact) mass is 402 g/mol. The Morgan fingerprint density at radius 2 is 0.571 bits per heavy atom. The van der Waals surface area contributed by atoms with E-state index in [9.17, 15) is 9.59 Å². The summed E-state index contributed by atoms with van der Waals surface area (Å²) in [6.07, 6.45) is 19.7. The number of carboxylic acid groups (broad SMARTS) is 2. The zero-order valence-corrected chi connectivity index (χ0v) is 17.7. The average molecular weight is 403 g/mol. The molecule has 0 aromatic rings. The van der Waals surface area contributed by atoms with Crippen molar-refractivity contribution in [1.82, 2.24) is 0 Å². The molecular formula is C22H42O6. The van der Waals surface area contributed by atoms with Crippen LogP contribution < -0.4 is 0 Å². The van der Waals surface area contributed by atoms with Crippen LogP contribution in [-0.2, 0) is 9.47 Å². The highest BCUT2D eigenvalue weighted by Crippen LogP contribution is 2.14. The average Bonchev–Trinajstić information content (AvgIpc) is 2.65. The Bertz CT molecular complexity index is 325. The minimum Gasteiger partial charge on any atom is -0.450 e. The van der Waals surface area contributed by atoms with Gasteiger partial charge in [0.25, 0.3) is 0 Å². The van der Waals surface area contributed by atoms with Crippen LogP contribution in [0.2, 0.25) is 0 Å². The molecule has 2 N–H and O–H groups in total. The first-order chi connectivity index (χ1) is 13.6. The van der Waals surface area contributed by atoms with E-state index >= 15 is 0 Å². The molecule has 0 heterocycles.